The van der Waals surface area contributed by atoms with E-state index < -0.39 is 0 Å². The smallest absolute Gasteiger partial charge is 0.221 e. The van der Waals surface area contributed by atoms with Crippen LogP contribution in [0.3, 0.4) is 0 Å². The second kappa shape index (κ2) is 4.75. The maximum absolute atomic E-state index is 6.56. The minimum atomic E-state index is -0.314. The standard InChI is InChI=1S/C15H25N3O/c1-10-11(15(16)8-6-7-9-15)12(19-5)18-13(17-10)14(2,3)4/h6-9,16H2,1-5H3. The van der Waals surface area contributed by atoms with Gasteiger partial charge >= 0.3 is 0 Å². The summed E-state index contributed by atoms with van der Waals surface area (Å²) in [6.07, 6.45) is 4.31. The van der Waals surface area contributed by atoms with Gasteiger partial charge in [0, 0.05) is 16.6 Å². The van der Waals surface area contributed by atoms with Gasteiger partial charge in [0.25, 0.3) is 0 Å². The second-order valence-corrected chi connectivity index (χ2v) is 6.63. The monoisotopic (exact) mass is 263 g/mol. The van der Waals surface area contributed by atoms with Gasteiger partial charge in [-0.15, -0.1) is 0 Å². The lowest BCUT2D eigenvalue weighted by Gasteiger charge is -2.28. The van der Waals surface area contributed by atoms with Crippen molar-refractivity contribution in [3.8, 4) is 5.88 Å². The second-order valence-electron chi connectivity index (χ2n) is 6.63. The molecule has 1 aromatic heterocycles. The Kier molecular flexibility index (Phi) is 3.56. The summed E-state index contributed by atoms with van der Waals surface area (Å²) >= 11 is 0. The molecule has 0 amide bonds. The van der Waals surface area contributed by atoms with Crippen LogP contribution in [-0.4, -0.2) is 17.1 Å². The molecule has 106 valence electrons. The lowest BCUT2D eigenvalue weighted by Crippen LogP contribution is -2.35. The highest BCUT2D eigenvalue weighted by Crippen LogP contribution is 2.41. The molecule has 0 unspecified atom stereocenters. The Bertz CT molecular complexity index is 471. The number of nitrogens with two attached hydrogens (primary N) is 1. The zero-order valence-electron chi connectivity index (χ0n) is 12.7. The van der Waals surface area contributed by atoms with E-state index in [0.717, 1.165) is 29.9 Å². The van der Waals surface area contributed by atoms with Crippen molar-refractivity contribution in [1.29, 1.82) is 0 Å². The van der Waals surface area contributed by atoms with Crippen LogP contribution in [0.4, 0.5) is 0 Å². The summed E-state index contributed by atoms with van der Waals surface area (Å²) < 4.78 is 5.51. The van der Waals surface area contributed by atoms with E-state index in [1.807, 2.05) is 6.92 Å². The molecule has 1 heterocycles. The van der Waals surface area contributed by atoms with Gasteiger partial charge in [0.05, 0.1) is 12.7 Å². The lowest BCUT2D eigenvalue weighted by molar-refractivity contribution is 0.354. The molecule has 0 aliphatic heterocycles. The van der Waals surface area contributed by atoms with E-state index in [1.54, 1.807) is 7.11 Å². The van der Waals surface area contributed by atoms with E-state index in [2.05, 4.69) is 30.7 Å². The molecule has 4 nitrogen and oxygen atoms in total. The molecular formula is C15H25N3O. The largest absolute Gasteiger partial charge is 0.481 e. The first kappa shape index (κ1) is 14.3. The highest BCUT2D eigenvalue weighted by molar-refractivity contribution is 5.38. The van der Waals surface area contributed by atoms with Crippen LogP contribution in [0.15, 0.2) is 0 Å². The molecule has 0 bridgehead atoms. The van der Waals surface area contributed by atoms with Crippen molar-refractivity contribution in [2.45, 2.75) is 64.3 Å². The SMILES string of the molecule is COc1nc(C(C)(C)C)nc(C)c1C1(N)CCCC1. The summed E-state index contributed by atoms with van der Waals surface area (Å²) in [4.78, 5) is 9.27. The molecule has 1 aliphatic rings. The van der Waals surface area contributed by atoms with Gasteiger partial charge in [-0.1, -0.05) is 33.6 Å². The van der Waals surface area contributed by atoms with Crippen LogP contribution >= 0.6 is 0 Å². The molecular weight excluding hydrogens is 238 g/mol. The first-order valence-electron chi connectivity index (χ1n) is 7.00. The van der Waals surface area contributed by atoms with Crippen LogP contribution in [0.1, 0.15) is 63.5 Å². The Morgan fingerprint density at radius 2 is 1.74 bits per heavy atom. The maximum atomic E-state index is 6.56. The number of methoxy groups -OCH3 is 1. The van der Waals surface area contributed by atoms with Gasteiger partial charge in [0.1, 0.15) is 5.82 Å². The number of aryl methyl sites for hydroxylation is 1. The quantitative estimate of drug-likeness (QED) is 0.891. The fraction of sp³-hybridized carbons (Fsp3) is 0.733. The Hall–Kier alpha value is -1.16. The van der Waals surface area contributed by atoms with E-state index in [9.17, 15) is 0 Å². The Balaban J connectivity index is 2.56. The van der Waals surface area contributed by atoms with Crippen LogP contribution in [0.2, 0.25) is 0 Å². The van der Waals surface area contributed by atoms with Gasteiger partial charge < -0.3 is 10.5 Å². The number of aromatic nitrogens is 2. The molecule has 1 saturated carbocycles. The average Bonchev–Trinajstić information content (AvgIpc) is 2.74. The zero-order valence-corrected chi connectivity index (χ0v) is 12.7. The molecule has 0 spiro atoms. The van der Waals surface area contributed by atoms with Gasteiger partial charge in [0.2, 0.25) is 5.88 Å². The van der Waals surface area contributed by atoms with Crippen LogP contribution < -0.4 is 10.5 Å². The number of ether oxygens (including phenoxy) is 1. The van der Waals surface area contributed by atoms with E-state index >= 15 is 0 Å². The summed E-state index contributed by atoms with van der Waals surface area (Å²) in [6, 6.07) is 0. The third-order valence-corrected chi connectivity index (χ3v) is 3.91. The van der Waals surface area contributed by atoms with E-state index in [-0.39, 0.29) is 11.0 Å². The van der Waals surface area contributed by atoms with Crippen molar-refractivity contribution in [2.24, 2.45) is 5.73 Å². The Morgan fingerprint density at radius 1 is 1.16 bits per heavy atom. The van der Waals surface area contributed by atoms with Crippen molar-refractivity contribution >= 4 is 0 Å². The minimum Gasteiger partial charge on any atom is -0.481 e. The van der Waals surface area contributed by atoms with E-state index in [0.29, 0.717) is 5.88 Å². The molecule has 0 atom stereocenters. The van der Waals surface area contributed by atoms with Crippen molar-refractivity contribution in [1.82, 2.24) is 9.97 Å². The van der Waals surface area contributed by atoms with Gasteiger partial charge in [-0.05, 0) is 19.8 Å². The van der Waals surface area contributed by atoms with Crippen molar-refractivity contribution in [2.75, 3.05) is 7.11 Å². The third kappa shape index (κ3) is 2.59. The van der Waals surface area contributed by atoms with Crippen LogP contribution in [0, 0.1) is 6.92 Å². The molecule has 0 saturated heterocycles. The van der Waals surface area contributed by atoms with E-state index in [1.165, 1.54) is 12.8 Å². The predicted molar refractivity (Wildman–Crippen MR) is 76.4 cm³/mol. The normalized spacial score (nSPS) is 18.6. The number of nitrogens with zero attached hydrogens (tertiary/aromatic N) is 2. The fourth-order valence-electron chi connectivity index (χ4n) is 2.86. The molecule has 2 N–H and O–H groups in total. The average molecular weight is 263 g/mol. The highest BCUT2D eigenvalue weighted by atomic mass is 16.5. The maximum Gasteiger partial charge on any atom is 0.221 e. The topological polar surface area (TPSA) is 61.0 Å². The first-order chi connectivity index (χ1) is 8.78. The molecule has 0 aromatic carbocycles. The summed E-state index contributed by atoms with van der Waals surface area (Å²) in [5, 5.41) is 0. The number of hydrogen-bond donors (Lipinski definition) is 1. The van der Waals surface area contributed by atoms with Gasteiger partial charge in [-0.25, -0.2) is 4.98 Å². The Labute approximate surface area is 115 Å². The summed E-state index contributed by atoms with van der Waals surface area (Å²) in [5.74, 6) is 1.47. The lowest BCUT2D eigenvalue weighted by atomic mass is 9.88. The summed E-state index contributed by atoms with van der Waals surface area (Å²) in [5.41, 5.74) is 8.11. The van der Waals surface area contributed by atoms with E-state index in [4.69, 9.17) is 10.5 Å². The Morgan fingerprint density at radius 3 is 2.21 bits per heavy atom. The van der Waals surface area contributed by atoms with Crippen LogP contribution in [0.5, 0.6) is 5.88 Å². The van der Waals surface area contributed by atoms with Gasteiger partial charge in [-0.3, -0.25) is 0 Å². The third-order valence-electron chi connectivity index (χ3n) is 3.91. The van der Waals surface area contributed by atoms with Crippen LogP contribution in [-0.2, 0) is 11.0 Å². The van der Waals surface area contributed by atoms with Gasteiger partial charge in [-0.2, -0.15) is 4.98 Å². The van der Waals surface area contributed by atoms with Crippen molar-refractivity contribution < 1.29 is 4.74 Å². The molecule has 1 aromatic rings. The van der Waals surface area contributed by atoms with Crippen molar-refractivity contribution in [3.05, 3.63) is 17.1 Å². The number of hydrogen-bond acceptors (Lipinski definition) is 4. The molecule has 1 aliphatic carbocycles. The molecule has 2 rings (SSSR count). The summed E-state index contributed by atoms with van der Waals surface area (Å²) in [6.45, 7) is 8.33. The molecule has 4 heteroatoms. The predicted octanol–water partition coefficient (Wildman–Crippen LogP) is 2.82. The van der Waals surface area contributed by atoms with Crippen molar-refractivity contribution in [3.63, 3.8) is 0 Å². The van der Waals surface area contributed by atoms with Crippen LogP contribution in [0.25, 0.3) is 0 Å². The fourth-order valence-corrected chi connectivity index (χ4v) is 2.86. The zero-order chi connectivity index (χ0) is 14.3. The highest BCUT2D eigenvalue weighted by Gasteiger charge is 2.37. The molecule has 19 heavy (non-hydrogen) atoms. The summed E-state index contributed by atoms with van der Waals surface area (Å²) in [7, 11) is 1.66. The first-order valence-corrected chi connectivity index (χ1v) is 7.00. The molecule has 1 fully saturated rings. The number of rotatable bonds is 2. The molecule has 0 radical (unpaired) electrons. The minimum absolute atomic E-state index is 0.0893. The van der Waals surface area contributed by atoms with Gasteiger partial charge in [0.15, 0.2) is 0 Å².